The minimum Gasteiger partial charge on any atom is -0.355 e. The molecule has 0 bridgehead atoms. The fourth-order valence-corrected chi connectivity index (χ4v) is 2.36. The van der Waals surface area contributed by atoms with Crippen LogP contribution in [-0.2, 0) is 0 Å². The zero-order chi connectivity index (χ0) is 13.8. The summed E-state index contributed by atoms with van der Waals surface area (Å²) in [6.07, 6.45) is 2.08. The largest absolute Gasteiger partial charge is 0.355 e. The third-order valence-corrected chi connectivity index (χ3v) is 3.43. The topological polar surface area (TPSA) is 67.2 Å². The standard InChI is InChI=1S/C15H17N3O2.ClH/c19-15(17-12-7-4-8-16-10-12)13-9-14(20-18-13)11-5-2-1-3-6-11;/h1-3,5-6,9,12,16H,4,7-8,10H2,(H,17,19);1H/t12-;/m0./s1. The predicted octanol–water partition coefficient (Wildman–Crippen LogP) is 2.25. The van der Waals surface area contributed by atoms with Gasteiger partial charge in [0, 0.05) is 24.2 Å². The molecule has 1 saturated heterocycles. The summed E-state index contributed by atoms with van der Waals surface area (Å²) in [6.45, 7) is 1.84. The van der Waals surface area contributed by atoms with Crippen LogP contribution in [0.15, 0.2) is 40.9 Å². The number of carbonyl (C=O) groups is 1. The summed E-state index contributed by atoms with van der Waals surface area (Å²) in [4.78, 5) is 12.1. The molecule has 1 aromatic carbocycles. The summed E-state index contributed by atoms with van der Waals surface area (Å²) < 4.78 is 5.23. The molecular formula is C15H18ClN3O2. The molecule has 112 valence electrons. The second kappa shape index (κ2) is 7.24. The number of nitrogens with one attached hydrogen (secondary N) is 2. The molecule has 1 aliphatic rings. The summed E-state index contributed by atoms with van der Waals surface area (Å²) >= 11 is 0. The molecule has 1 aromatic heterocycles. The van der Waals surface area contributed by atoms with Gasteiger partial charge in [0.25, 0.3) is 5.91 Å². The molecule has 2 N–H and O–H groups in total. The van der Waals surface area contributed by atoms with Crippen LogP contribution < -0.4 is 10.6 Å². The summed E-state index contributed by atoms with van der Waals surface area (Å²) in [5.74, 6) is 0.433. The Balaban J connectivity index is 0.00000161. The second-order valence-electron chi connectivity index (χ2n) is 4.96. The van der Waals surface area contributed by atoms with E-state index in [0.717, 1.165) is 31.5 Å². The van der Waals surface area contributed by atoms with Crippen molar-refractivity contribution in [2.75, 3.05) is 13.1 Å². The van der Waals surface area contributed by atoms with Gasteiger partial charge in [-0.1, -0.05) is 35.5 Å². The van der Waals surface area contributed by atoms with Gasteiger partial charge < -0.3 is 15.2 Å². The van der Waals surface area contributed by atoms with E-state index in [1.807, 2.05) is 30.3 Å². The number of hydrogen-bond acceptors (Lipinski definition) is 4. The van der Waals surface area contributed by atoms with Gasteiger partial charge in [0.2, 0.25) is 0 Å². The van der Waals surface area contributed by atoms with Crippen molar-refractivity contribution in [1.29, 1.82) is 0 Å². The molecule has 21 heavy (non-hydrogen) atoms. The van der Waals surface area contributed by atoms with Crippen LogP contribution >= 0.6 is 12.4 Å². The number of carbonyl (C=O) groups excluding carboxylic acids is 1. The van der Waals surface area contributed by atoms with E-state index in [1.165, 1.54) is 0 Å². The number of rotatable bonds is 3. The smallest absolute Gasteiger partial charge is 0.273 e. The lowest BCUT2D eigenvalue weighted by Crippen LogP contribution is -2.45. The Hall–Kier alpha value is -1.85. The molecule has 0 saturated carbocycles. The molecule has 2 heterocycles. The van der Waals surface area contributed by atoms with Crippen molar-refractivity contribution in [3.63, 3.8) is 0 Å². The lowest BCUT2D eigenvalue weighted by Gasteiger charge is -2.23. The summed E-state index contributed by atoms with van der Waals surface area (Å²) in [7, 11) is 0. The number of nitrogens with zero attached hydrogens (tertiary/aromatic N) is 1. The van der Waals surface area contributed by atoms with Crippen molar-refractivity contribution in [3.05, 3.63) is 42.1 Å². The van der Waals surface area contributed by atoms with Gasteiger partial charge >= 0.3 is 0 Å². The van der Waals surface area contributed by atoms with Gasteiger partial charge in [-0.2, -0.15) is 0 Å². The fraction of sp³-hybridized carbons (Fsp3) is 0.333. The third-order valence-electron chi connectivity index (χ3n) is 3.43. The van der Waals surface area contributed by atoms with Gasteiger partial charge in [0.05, 0.1) is 0 Å². The summed E-state index contributed by atoms with van der Waals surface area (Å²) in [5.41, 5.74) is 1.24. The van der Waals surface area contributed by atoms with Crippen LogP contribution in [0.4, 0.5) is 0 Å². The number of aromatic nitrogens is 1. The normalized spacial score (nSPS) is 17.8. The Kier molecular flexibility index (Phi) is 5.36. The van der Waals surface area contributed by atoms with E-state index in [9.17, 15) is 4.79 Å². The molecular weight excluding hydrogens is 290 g/mol. The van der Waals surface area contributed by atoms with Crippen molar-refractivity contribution in [2.45, 2.75) is 18.9 Å². The lowest BCUT2D eigenvalue weighted by molar-refractivity contribution is 0.0921. The lowest BCUT2D eigenvalue weighted by atomic mass is 10.1. The van der Waals surface area contributed by atoms with E-state index in [2.05, 4.69) is 15.8 Å². The highest BCUT2D eigenvalue weighted by Gasteiger charge is 2.19. The maximum Gasteiger partial charge on any atom is 0.273 e. The predicted molar refractivity (Wildman–Crippen MR) is 82.5 cm³/mol. The number of halogens is 1. The number of benzene rings is 1. The Morgan fingerprint density at radius 2 is 2.14 bits per heavy atom. The number of amides is 1. The van der Waals surface area contributed by atoms with Crippen molar-refractivity contribution in [2.24, 2.45) is 0 Å². The number of piperidine rings is 1. The molecule has 0 spiro atoms. The van der Waals surface area contributed by atoms with Crippen LogP contribution in [0.1, 0.15) is 23.3 Å². The highest BCUT2D eigenvalue weighted by atomic mass is 35.5. The molecule has 1 aliphatic heterocycles. The van der Waals surface area contributed by atoms with Crippen molar-refractivity contribution >= 4 is 18.3 Å². The van der Waals surface area contributed by atoms with E-state index in [4.69, 9.17) is 4.52 Å². The first kappa shape index (κ1) is 15.5. The molecule has 1 fully saturated rings. The zero-order valence-corrected chi connectivity index (χ0v) is 12.4. The first-order chi connectivity index (χ1) is 9.83. The maximum atomic E-state index is 12.1. The summed E-state index contributed by atoms with van der Waals surface area (Å²) in [6, 6.07) is 11.5. The Bertz CT molecular complexity index is 580. The fourth-order valence-electron chi connectivity index (χ4n) is 2.36. The minimum absolute atomic E-state index is 0. The van der Waals surface area contributed by atoms with Gasteiger partial charge in [-0.05, 0) is 19.4 Å². The van der Waals surface area contributed by atoms with Crippen LogP contribution in [-0.4, -0.2) is 30.2 Å². The van der Waals surface area contributed by atoms with E-state index < -0.39 is 0 Å². The van der Waals surface area contributed by atoms with Crippen LogP contribution in [0, 0.1) is 0 Å². The Labute approximate surface area is 129 Å². The van der Waals surface area contributed by atoms with Crippen LogP contribution in [0.3, 0.4) is 0 Å². The zero-order valence-electron chi connectivity index (χ0n) is 11.5. The molecule has 0 aliphatic carbocycles. The molecule has 0 unspecified atom stereocenters. The van der Waals surface area contributed by atoms with E-state index in [-0.39, 0.29) is 24.4 Å². The van der Waals surface area contributed by atoms with Crippen molar-refractivity contribution in [1.82, 2.24) is 15.8 Å². The average molecular weight is 308 g/mol. The van der Waals surface area contributed by atoms with Crippen molar-refractivity contribution < 1.29 is 9.32 Å². The second-order valence-corrected chi connectivity index (χ2v) is 4.96. The third kappa shape index (κ3) is 3.83. The Morgan fingerprint density at radius 1 is 1.33 bits per heavy atom. The van der Waals surface area contributed by atoms with Gasteiger partial charge in [-0.25, -0.2) is 0 Å². The monoisotopic (exact) mass is 307 g/mol. The average Bonchev–Trinajstić information content (AvgIpc) is 2.99. The first-order valence-corrected chi connectivity index (χ1v) is 6.86. The molecule has 5 nitrogen and oxygen atoms in total. The summed E-state index contributed by atoms with van der Waals surface area (Å²) in [5, 5.41) is 10.1. The number of hydrogen-bond donors (Lipinski definition) is 2. The van der Waals surface area contributed by atoms with Gasteiger partial charge in [-0.3, -0.25) is 4.79 Å². The van der Waals surface area contributed by atoms with E-state index in [1.54, 1.807) is 6.07 Å². The van der Waals surface area contributed by atoms with Crippen LogP contribution in [0.25, 0.3) is 11.3 Å². The molecule has 1 amide bonds. The van der Waals surface area contributed by atoms with E-state index >= 15 is 0 Å². The van der Waals surface area contributed by atoms with Gasteiger partial charge in [-0.15, -0.1) is 12.4 Å². The van der Waals surface area contributed by atoms with Crippen LogP contribution in [0.5, 0.6) is 0 Å². The van der Waals surface area contributed by atoms with Crippen LogP contribution in [0.2, 0.25) is 0 Å². The van der Waals surface area contributed by atoms with E-state index in [0.29, 0.717) is 11.5 Å². The molecule has 0 radical (unpaired) electrons. The highest BCUT2D eigenvalue weighted by Crippen LogP contribution is 2.19. The maximum absolute atomic E-state index is 12.1. The molecule has 3 rings (SSSR count). The minimum atomic E-state index is -0.176. The molecule has 6 heteroatoms. The van der Waals surface area contributed by atoms with Crippen molar-refractivity contribution in [3.8, 4) is 11.3 Å². The SMILES string of the molecule is Cl.O=C(N[C@H]1CCCNC1)c1cc(-c2ccccc2)on1. The molecule has 1 atom stereocenters. The highest BCUT2D eigenvalue weighted by molar-refractivity contribution is 5.93. The molecule has 2 aromatic rings. The van der Waals surface area contributed by atoms with Gasteiger partial charge in [0.1, 0.15) is 0 Å². The quantitative estimate of drug-likeness (QED) is 0.912. The Morgan fingerprint density at radius 3 is 2.86 bits per heavy atom. The first-order valence-electron chi connectivity index (χ1n) is 6.86. The van der Waals surface area contributed by atoms with Gasteiger partial charge in [0.15, 0.2) is 11.5 Å².